The highest BCUT2D eigenvalue weighted by Crippen LogP contribution is 2.34. The number of nitrogens with zero attached hydrogens (tertiary/aromatic N) is 2. The number of halogens is 3. The zero-order chi connectivity index (χ0) is 20.8. The van der Waals surface area contributed by atoms with Crippen LogP contribution in [0.5, 0.6) is 0 Å². The fourth-order valence-corrected chi connectivity index (χ4v) is 4.12. The molecule has 8 heteroatoms. The molecule has 4 rings (SSSR count). The number of hydrogen-bond donors (Lipinski definition) is 1. The summed E-state index contributed by atoms with van der Waals surface area (Å²) in [7, 11) is 0. The molecule has 0 saturated heterocycles. The maximum absolute atomic E-state index is 13.1. The van der Waals surface area contributed by atoms with Crippen LogP contribution >= 0.6 is 11.3 Å². The fraction of sp³-hybridized carbons (Fsp3) is 0.143. The molecule has 0 aliphatic carbocycles. The number of para-hydroxylation sites is 1. The molecule has 0 fully saturated rings. The quantitative estimate of drug-likeness (QED) is 0.448. The first kappa shape index (κ1) is 19.2. The molecular formula is C21H16F3N3OS. The number of alkyl halides is 3. The van der Waals surface area contributed by atoms with Crippen molar-refractivity contribution in [1.82, 2.24) is 9.78 Å². The normalized spacial score (nSPS) is 11.8. The van der Waals surface area contributed by atoms with Crippen molar-refractivity contribution in [3.63, 3.8) is 0 Å². The van der Waals surface area contributed by atoms with E-state index in [4.69, 9.17) is 0 Å². The first-order valence-corrected chi connectivity index (χ1v) is 9.59. The van der Waals surface area contributed by atoms with E-state index in [0.29, 0.717) is 26.8 Å². The van der Waals surface area contributed by atoms with Gasteiger partial charge in [0.15, 0.2) is 0 Å². The van der Waals surface area contributed by atoms with Crippen LogP contribution in [0.2, 0.25) is 0 Å². The van der Waals surface area contributed by atoms with Crippen LogP contribution in [0.4, 0.5) is 18.9 Å². The Morgan fingerprint density at radius 2 is 1.83 bits per heavy atom. The average Bonchev–Trinajstić information content (AvgIpc) is 3.24. The first-order valence-electron chi connectivity index (χ1n) is 8.78. The lowest BCUT2D eigenvalue weighted by atomic mass is 10.2. The van der Waals surface area contributed by atoms with Gasteiger partial charge in [-0.2, -0.15) is 18.3 Å². The topological polar surface area (TPSA) is 46.9 Å². The molecule has 1 N–H and O–H groups in total. The Labute approximate surface area is 168 Å². The second kappa shape index (κ2) is 7.04. The van der Waals surface area contributed by atoms with Crippen LogP contribution in [-0.2, 0) is 6.18 Å². The number of carbonyl (C=O) groups excluding carboxylic acids is 1. The van der Waals surface area contributed by atoms with Gasteiger partial charge in [0.25, 0.3) is 5.91 Å². The molecule has 2 aromatic carbocycles. The summed E-state index contributed by atoms with van der Waals surface area (Å²) in [6.07, 6.45) is -4.44. The molecule has 0 spiro atoms. The van der Waals surface area contributed by atoms with Crippen LogP contribution in [0.1, 0.15) is 26.5 Å². The van der Waals surface area contributed by atoms with Crippen LogP contribution in [0.3, 0.4) is 0 Å². The van der Waals surface area contributed by atoms with Crippen molar-refractivity contribution in [3.05, 3.63) is 76.3 Å². The van der Waals surface area contributed by atoms with E-state index in [2.05, 4.69) is 10.4 Å². The van der Waals surface area contributed by atoms with Gasteiger partial charge in [-0.3, -0.25) is 4.79 Å². The maximum atomic E-state index is 13.1. The van der Waals surface area contributed by atoms with Crippen molar-refractivity contribution in [2.45, 2.75) is 20.0 Å². The van der Waals surface area contributed by atoms with E-state index < -0.39 is 11.7 Å². The number of thiophene rings is 1. The molecule has 2 aromatic heterocycles. The summed E-state index contributed by atoms with van der Waals surface area (Å²) in [6.45, 7) is 3.67. The van der Waals surface area contributed by atoms with Gasteiger partial charge < -0.3 is 5.32 Å². The second-order valence-corrected chi connectivity index (χ2v) is 7.67. The minimum Gasteiger partial charge on any atom is -0.321 e. The summed E-state index contributed by atoms with van der Waals surface area (Å²) in [5.41, 5.74) is 1.85. The van der Waals surface area contributed by atoms with Gasteiger partial charge in [0.05, 0.1) is 21.8 Å². The zero-order valence-corrected chi connectivity index (χ0v) is 16.4. The van der Waals surface area contributed by atoms with Crippen molar-refractivity contribution in [1.29, 1.82) is 0 Å². The van der Waals surface area contributed by atoms with Gasteiger partial charge in [-0.1, -0.05) is 24.3 Å². The van der Waals surface area contributed by atoms with E-state index >= 15 is 0 Å². The zero-order valence-electron chi connectivity index (χ0n) is 15.5. The number of fused-ring (bicyclic) bond motifs is 1. The fourth-order valence-electron chi connectivity index (χ4n) is 3.05. The molecule has 0 aliphatic heterocycles. The average molecular weight is 415 g/mol. The minimum absolute atomic E-state index is 0.268. The molecule has 4 aromatic rings. The molecule has 0 atom stereocenters. The van der Waals surface area contributed by atoms with E-state index in [9.17, 15) is 18.0 Å². The van der Waals surface area contributed by atoms with Crippen molar-refractivity contribution in [2.24, 2.45) is 0 Å². The lowest BCUT2D eigenvalue weighted by molar-refractivity contribution is -0.137. The number of aromatic nitrogens is 2. The standard InChI is InChI=1S/C21H16F3N3OS/c1-12-6-3-4-9-17(12)25-19(28)18-11-16-13(2)26-27(20(16)29-18)15-8-5-7-14(10-15)21(22,23)24/h3-11H,1-2H3,(H,25,28). The lowest BCUT2D eigenvalue weighted by Gasteiger charge is -2.09. The van der Waals surface area contributed by atoms with Gasteiger partial charge in [0.1, 0.15) is 4.83 Å². The summed E-state index contributed by atoms with van der Waals surface area (Å²) in [4.78, 5) is 13.8. The predicted octanol–water partition coefficient (Wildman–Crippen LogP) is 5.97. The molecule has 0 saturated carbocycles. The second-order valence-electron chi connectivity index (χ2n) is 6.64. The highest BCUT2D eigenvalue weighted by atomic mass is 32.1. The Hall–Kier alpha value is -3.13. The van der Waals surface area contributed by atoms with E-state index in [1.54, 1.807) is 19.1 Å². The summed E-state index contributed by atoms with van der Waals surface area (Å²) in [5.74, 6) is -0.268. The molecular weight excluding hydrogens is 399 g/mol. The van der Waals surface area contributed by atoms with Crippen molar-refractivity contribution in [3.8, 4) is 5.69 Å². The maximum Gasteiger partial charge on any atom is 0.416 e. The number of rotatable bonds is 3. The summed E-state index contributed by atoms with van der Waals surface area (Å²) >= 11 is 1.19. The highest BCUT2D eigenvalue weighted by molar-refractivity contribution is 7.20. The highest BCUT2D eigenvalue weighted by Gasteiger charge is 2.31. The van der Waals surface area contributed by atoms with Gasteiger partial charge in [-0.15, -0.1) is 11.3 Å². The third-order valence-electron chi connectivity index (χ3n) is 4.58. The van der Waals surface area contributed by atoms with E-state index in [0.717, 1.165) is 23.1 Å². The van der Waals surface area contributed by atoms with Crippen molar-refractivity contribution in [2.75, 3.05) is 5.32 Å². The number of anilines is 1. The number of hydrogen-bond acceptors (Lipinski definition) is 3. The van der Waals surface area contributed by atoms with E-state index in [1.807, 2.05) is 31.2 Å². The number of carbonyl (C=O) groups is 1. The summed E-state index contributed by atoms with van der Waals surface area (Å²) in [6, 6.07) is 14.1. The minimum atomic E-state index is -4.44. The Morgan fingerprint density at radius 3 is 2.55 bits per heavy atom. The summed E-state index contributed by atoms with van der Waals surface area (Å²) in [5, 5.41) is 7.99. The smallest absolute Gasteiger partial charge is 0.321 e. The van der Waals surface area contributed by atoms with Gasteiger partial charge in [-0.25, -0.2) is 4.68 Å². The van der Waals surface area contributed by atoms with Crippen LogP contribution in [0.25, 0.3) is 15.9 Å². The molecule has 0 radical (unpaired) electrons. The number of amides is 1. The third kappa shape index (κ3) is 3.63. The molecule has 0 unspecified atom stereocenters. The SMILES string of the molecule is Cc1ccccc1NC(=O)c1cc2c(C)nn(-c3cccc(C(F)(F)F)c3)c2s1. The van der Waals surface area contributed by atoms with Crippen LogP contribution in [0, 0.1) is 13.8 Å². The third-order valence-corrected chi connectivity index (χ3v) is 5.69. The van der Waals surface area contributed by atoms with Gasteiger partial charge in [0, 0.05) is 11.1 Å². The van der Waals surface area contributed by atoms with Crippen LogP contribution in [0.15, 0.2) is 54.6 Å². The Morgan fingerprint density at radius 1 is 1.07 bits per heavy atom. The van der Waals surface area contributed by atoms with E-state index in [-0.39, 0.29) is 5.91 Å². The molecule has 0 bridgehead atoms. The summed E-state index contributed by atoms with van der Waals surface area (Å²) < 4.78 is 40.7. The molecule has 0 aliphatic rings. The number of nitrogens with one attached hydrogen (secondary N) is 1. The van der Waals surface area contributed by atoms with Crippen molar-refractivity contribution >= 4 is 33.1 Å². The molecule has 4 nitrogen and oxygen atoms in total. The largest absolute Gasteiger partial charge is 0.416 e. The Bertz CT molecular complexity index is 1220. The van der Waals surface area contributed by atoms with Crippen LogP contribution < -0.4 is 5.32 Å². The monoisotopic (exact) mass is 415 g/mol. The van der Waals surface area contributed by atoms with E-state index in [1.165, 1.54) is 22.1 Å². The number of benzene rings is 2. The van der Waals surface area contributed by atoms with Gasteiger partial charge in [0.2, 0.25) is 0 Å². The molecule has 1 amide bonds. The van der Waals surface area contributed by atoms with Crippen LogP contribution in [-0.4, -0.2) is 15.7 Å². The Balaban J connectivity index is 1.73. The van der Waals surface area contributed by atoms with Gasteiger partial charge >= 0.3 is 6.18 Å². The lowest BCUT2D eigenvalue weighted by Crippen LogP contribution is -2.11. The molecule has 2 heterocycles. The van der Waals surface area contributed by atoms with Crippen molar-refractivity contribution < 1.29 is 18.0 Å². The first-order chi connectivity index (χ1) is 13.7. The number of aryl methyl sites for hydroxylation is 2. The Kier molecular flexibility index (Phi) is 4.66. The van der Waals surface area contributed by atoms with Gasteiger partial charge in [-0.05, 0) is 49.7 Å². The molecule has 29 heavy (non-hydrogen) atoms. The molecule has 148 valence electrons. The predicted molar refractivity (Wildman–Crippen MR) is 108 cm³/mol.